The zero-order chi connectivity index (χ0) is 18.6. The zero-order valence-electron chi connectivity index (χ0n) is 15.4. The molecule has 7 heteroatoms. The van der Waals surface area contributed by atoms with E-state index in [0.717, 1.165) is 18.5 Å². The van der Waals surface area contributed by atoms with E-state index < -0.39 is 10.0 Å². The van der Waals surface area contributed by atoms with Crippen molar-refractivity contribution >= 4 is 21.7 Å². The molecule has 2 N–H and O–H groups in total. The van der Waals surface area contributed by atoms with Gasteiger partial charge < -0.3 is 5.32 Å². The molecule has 2 rings (SSSR count). The first kappa shape index (κ1) is 19.2. The van der Waals surface area contributed by atoms with Gasteiger partial charge in [0.2, 0.25) is 0 Å². The van der Waals surface area contributed by atoms with E-state index in [9.17, 15) is 8.42 Å². The fourth-order valence-corrected chi connectivity index (χ4v) is 4.20. The summed E-state index contributed by atoms with van der Waals surface area (Å²) in [6, 6.07) is 7.05. The number of hydrogen-bond acceptors (Lipinski definition) is 5. The Kier molecular flexibility index (Phi) is 6.00. The molecule has 0 bridgehead atoms. The second kappa shape index (κ2) is 7.82. The Morgan fingerprint density at radius 3 is 2.08 bits per heavy atom. The molecule has 0 fully saturated rings. The first-order valence-electron chi connectivity index (χ1n) is 8.37. The van der Waals surface area contributed by atoms with Crippen LogP contribution in [0.5, 0.6) is 0 Å². The van der Waals surface area contributed by atoms with Crippen molar-refractivity contribution < 1.29 is 8.42 Å². The minimum absolute atomic E-state index is 0.203. The van der Waals surface area contributed by atoms with Crippen molar-refractivity contribution in [2.45, 2.75) is 45.9 Å². The van der Waals surface area contributed by atoms with Crippen LogP contribution in [0.1, 0.15) is 37.0 Å². The standard InChI is InChI=1S/C18H26N4O2S/c1-12(2)8-9-19-16-6-7-17(21-20-16)22-25(23,24)18-14(4)10-13(3)11-15(18)5/h6-7,10-12H,8-9H2,1-5H3,(H,19,20)(H,21,22). The Morgan fingerprint density at radius 1 is 1.00 bits per heavy atom. The van der Waals surface area contributed by atoms with Crippen LogP contribution in [0.4, 0.5) is 11.6 Å². The van der Waals surface area contributed by atoms with Crippen molar-refractivity contribution in [2.75, 3.05) is 16.6 Å². The maximum atomic E-state index is 12.7. The van der Waals surface area contributed by atoms with Gasteiger partial charge in [-0.05, 0) is 56.4 Å². The second-order valence-electron chi connectivity index (χ2n) is 6.75. The lowest BCUT2D eigenvalue weighted by atomic mass is 10.1. The van der Waals surface area contributed by atoms with Gasteiger partial charge in [-0.2, -0.15) is 0 Å². The Hall–Kier alpha value is -2.15. The lowest BCUT2D eigenvalue weighted by molar-refractivity contribution is 0.599. The molecule has 0 aliphatic rings. The quantitative estimate of drug-likeness (QED) is 0.785. The van der Waals surface area contributed by atoms with Crippen LogP contribution < -0.4 is 10.0 Å². The first-order chi connectivity index (χ1) is 11.7. The van der Waals surface area contributed by atoms with Gasteiger partial charge in [0.15, 0.2) is 5.82 Å². The van der Waals surface area contributed by atoms with Crippen molar-refractivity contribution in [1.82, 2.24) is 10.2 Å². The summed E-state index contributed by atoms with van der Waals surface area (Å²) in [5.41, 5.74) is 2.46. The Bertz CT molecular complexity index is 808. The lowest BCUT2D eigenvalue weighted by Gasteiger charge is -2.13. The van der Waals surface area contributed by atoms with Crippen LogP contribution in [0.15, 0.2) is 29.2 Å². The number of sulfonamides is 1. The molecule has 0 aliphatic carbocycles. The van der Waals surface area contributed by atoms with Crippen LogP contribution in [0.25, 0.3) is 0 Å². The van der Waals surface area contributed by atoms with Gasteiger partial charge in [-0.3, -0.25) is 4.72 Å². The maximum absolute atomic E-state index is 12.7. The van der Waals surface area contributed by atoms with E-state index in [-0.39, 0.29) is 5.82 Å². The molecule has 0 unspecified atom stereocenters. The van der Waals surface area contributed by atoms with E-state index in [2.05, 4.69) is 34.1 Å². The highest BCUT2D eigenvalue weighted by molar-refractivity contribution is 7.92. The average molecular weight is 362 g/mol. The summed E-state index contributed by atoms with van der Waals surface area (Å²) in [6.07, 6.45) is 1.03. The minimum Gasteiger partial charge on any atom is -0.369 e. The molecular formula is C18H26N4O2S. The summed E-state index contributed by atoms with van der Waals surface area (Å²) < 4.78 is 27.9. The van der Waals surface area contributed by atoms with Crippen LogP contribution in [0, 0.1) is 26.7 Å². The molecule has 1 aromatic carbocycles. The fourth-order valence-electron chi connectivity index (χ4n) is 2.75. The van der Waals surface area contributed by atoms with Crippen LogP contribution >= 0.6 is 0 Å². The Morgan fingerprint density at radius 2 is 1.56 bits per heavy atom. The number of nitrogens with one attached hydrogen (secondary N) is 2. The third-order valence-corrected chi connectivity index (χ3v) is 5.46. The van der Waals surface area contributed by atoms with Gasteiger partial charge in [0.25, 0.3) is 10.0 Å². The Balaban J connectivity index is 2.13. The van der Waals surface area contributed by atoms with Crippen molar-refractivity contribution in [3.63, 3.8) is 0 Å². The highest BCUT2D eigenvalue weighted by atomic mass is 32.2. The van der Waals surface area contributed by atoms with E-state index in [0.29, 0.717) is 27.8 Å². The van der Waals surface area contributed by atoms with Crippen molar-refractivity contribution in [3.05, 3.63) is 41.0 Å². The van der Waals surface area contributed by atoms with Gasteiger partial charge in [0, 0.05) is 6.54 Å². The number of anilines is 2. The molecule has 0 amide bonds. The highest BCUT2D eigenvalue weighted by Crippen LogP contribution is 2.23. The molecule has 0 radical (unpaired) electrons. The largest absolute Gasteiger partial charge is 0.369 e. The second-order valence-corrected chi connectivity index (χ2v) is 8.37. The summed E-state index contributed by atoms with van der Waals surface area (Å²) >= 11 is 0. The maximum Gasteiger partial charge on any atom is 0.263 e. The van der Waals surface area contributed by atoms with Gasteiger partial charge in [-0.1, -0.05) is 31.5 Å². The molecule has 1 aromatic heterocycles. The van der Waals surface area contributed by atoms with Crippen LogP contribution in [-0.4, -0.2) is 25.2 Å². The molecule has 0 atom stereocenters. The normalized spacial score (nSPS) is 11.6. The monoisotopic (exact) mass is 362 g/mol. The topological polar surface area (TPSA) is 84.0 Å². The van der Waals surface area contributed by atoms with Crippen molar-refractivity contribution in [1.29, 1.82) is 0 Å². The summed E-state index contributed by atoms with van der Waals surface area (Å²) in [7, 11) is -3.71. The number of hydrogen-bond donors (Lipinski definition) is 2. The lowest BCUT2D eigenvalue weighted by Crippen LogP contribution is -2.17. The number of nitrogens with zero attached hydrogens (tertiary/aromatic N) is 2. The molecule has 136 valence electrons. The van der Waals surface area contributed by atoms with Crippen LogP contribution in [0.2, 0.25) is 0 Å². The van der Waals surface area contributed by atoms with E-state index in [4.69, 9.17) is 0 Å². The molecule has 0 spiro atoms. The average Bonchev–Trinajstić information content (AvgIpc) is 2.46. The molecule has 0 saturated carbocycles. The zero-order valence-corrected chi connectivity index (χ0v) is 16.2. The van der Waals surface area contributed by atoms with E-state index in [1.165, 1.54) is 0 Å². The van der Waals surface area contributed by atoms with Gasteiger partial charge >= 0.3 is 0 Å². The number of aromatic nitrogens is 2. The summed E-state index contributed by atoms with van der Waals surface area (Å²) in [4.78, 5) is 0.291. The summed E-state index contributed by atoms with van der Waals surface area (Å²) in [6.45, 7) is 10.6. The van der Waals surface area contributed by atoms with Gasteiger partial charge in [0.1, 0.15) is 5.82 Å². The third-order valence-electron chi connectivity index (χ3n) is 3.80. The van der Waals surface area contributed by atoms with E-state index in [1.54, 1.807) is 26.0 Å². The molecule has 6 nitrogen and oxygen atoms in total. The van der Waals surface area contributed by atoms with Crippen LogP contribution in [0.3, 0.4) is 0 Å². The van der Waals surface area contributed by atoms with Crippen LogP contribution in [-0.2, 0) is 10.0 Å². The molecular weight excluding hydrogens is 336 g/mol. The fraction of sp³-hybridized carbons (Fsp3) is 0.444. The van der Waals surface area contributed by atoms with Crippen molar-refractivity contribution in [2.24, 2.45) is 5.92 Å². The molecule has 25 heavy (non-hydrogen) atoms. The van der Waals surface area contributed by atoms with E-state index >= 15 is 0 Å². The summed E-state index contributed by atoms with van der Waals surface area (Å²) in [5.74, 6) is 1.44. The predicted octanol–water partition coefficient (Wildman–Crippen LogP) is 3.66. The Labute approximate surface area is 150 Å². The molecule has 1 heterocycles. The number of aryl methyl sites for hydroxylation is 3. The van der Waals surface area contributed by atoms with Gasteiger partial charge in [-0.25, -0.2) is 8.42 Å². The molecule has 2 aromatic rings. The number of rotatable bonds is 7. The highest BCUT2D eigenvalue weighted by Gasteiger charge is 2.20. The van der Waals surface area contributed by atoms with Crippen molar-refractivity contribution in [3.8, 4) is 0 Å². The third kappa shape index (κ3) is 5.16. The summed E-state index contributed by atoms with van der Waals surface area (Å²) in [5, 5.41) is 11.2. The molecule has 0 aliphatic heterocycles. The number of benzene rings is 1. The smallest absolute Gasteiger partial charge is 0.263 e. The predicted molar refractivity (Wildman–Crippen MR) is 101 cm³/mol. The molecule has 0 saturated heterocycles. The SMILES string of the molecule is Cc1cc(C)c(S(=O)(=O)Nc2ccc(NCCC(C)C)nn2)c(C)c1. The minimum atomic E-state index is -3.71. The van der Waals surface area contributed by atoms with Gasteiger partial charge in [-0.15, -0.1) is 10.2 Å². The van der Waals surface area contributed by atoms with E-state index in [1.807, 2.05) is 19.1 Å². The first-order valence-corrected chi connectivity index (χ1v) is 9.85. The van der Waals surface area contributed by atoms with Gasteiger partial charge in [0.05, 0.1) is 4.90 Å².